The summed E-state index contributed by atoms with van der Waals surface area (Å²) in [5, 5.41) is 2.53. The molecule has 1 saturated heterocycles. The van der Waals surface area contributed by atoms with Crippen LogP contribution in [-0.2, 0) is 4.79 Å². The van der Waals surface area contributed by atoms with Gasteiger partial charge in [0.1, 0.15) is 12.4 Å². The minimum atomic E-state index is -1.97. The Hall–Kier alpha value is -0.680. The summed E-state index contributed by atoms with van der Waals surface area (Å²) in [7, 11) is 0. The van der Waals surface area contributed by atoms with Gasteiger partial charge in [-0.15, -0.1) is 0 Å². The monoisotopic (exact) mass is 378 g/mol. The second kappa shape index (κ2) is 8.97. The number of rotatable bonds is 5. The van der Waals surface area contributed by atoms with Gasteiger partial charge in [-0.1, -0.05) is 47.6 Å². The Morgan fingerprint density at radius 1 is 1.09 bits per heavy atom. The van der Waals surface area contributed by atoms with Crippen molar-refractivity contribution in [1.29, 1.82) is 0 Å². The average Bonchev–Trinajstić information content (AvgIpc) is 2.77. The quantitative estimate of drug-likeness (QED) is 0.778. The van der Waals surface area contributed by atoms with Crippen molar-refractivity contribution < 1.29 is 9.53 Å². The van der Waals surface area contributed by atoms with Gasteiger partial charge in [-0.25, -0.2) is 0 Å². The van der Waals surface area contributed by atoms with E-state index in [1.807, 2.05) is 0 Å². The number of carbonyl (C=O) groups excluding carboxylic acids is 1. The molecule has 4 nitrogen and oxygen atoms in total. The Morgan fingerprint density at radius 2 is 1.70 bits per heavy atom. The van der Waals surface area contributed by atoms with Gasteiger partial charge in [0.2, 0.25) is 0 Å². The van der Waals surface area contributed by atoms with Gasteiger partial charge in [0, 0.05) is 12.2 Å². The minimum Gasteiger partial charge on any atom is -0.492 e. The molecule has 1 aromatic carbocycles. The molecule has 0 atom stereocenters. The number of anilines is 1. The number of alkyl halides is 3. The van der Waals surface area contributed by atoms with Gasteiger partial charge in [0.15, 0.2) is 0 Å². The minimum absolute atomic E-state index is 0.557. The lowest BCUT2D eigenvalue weighted by atomic mass is 10.2. The van der Waals surface area contributed by atoms with E-state index >= 15 is 0 Å². The first-order valence-electron chi connectivity index (χ1n) is 7.78. The summed E-state index contributed by atoms with van der Waals surface area (Å²) < 4.78 is 3.77. The van der Waals surface area contributed by atoms with Crippen molar-refractivity contribution in [2.75, 3.05) is 31.6 Å². The van der Waals surface area contributed by atoms with Crippen LogP contribution in [0.3, 0.4) is 0 Å². The Kier molecular flexibility index (Phi) is 7.28. The van der Waals surface area contributed by atoms with Crippen LogP contribution in [0.2, 0.25) is 0 Å². The molecule has 1 fully saturated rings. The van der Waals surface area contributed by atoms with Crippen LogP contribution in [0.15, 0.2) is 24.3 Å². The Labute approximate surface area is 152 Å². The van der Waals surface area contributed by atoms with Gasteiger partial charge in [-0.05, 0) is 50.2 Å². The lowest BCUT2D eigenvalue weighted by Crippen LogP contribution is -2.29. The molecule has 1 heterocycles. The fourth-order valence-electron chi connectivity index (χ4n) is 2.49. The van der Waals surface area contributed by atoms with E-state index in [0.717, 1.165) is 25.4 Å². The Bertz CT molecular complexity index is 495. The molecule has 0 saturated carbocycles. The van der Waals surface area contributed by atoms with Gasteiger partial charge in [0.05, 0.1) is 0 Å². The summed E-state index contributed by atoms with van der Waals surface area (Å²) in [5.74, 6) is 0.0732. The lowest BCUT2D eigenvalue weighted by molar-refractivity contribution is -0.115. The fourth-order valence-corrected chi connectivity index (χ4v) is 2.63. The van der Waals surface area contributed by atoms with Crippen molar-refractivity contribution in [2.45, 2.75) is 29.5 Å². The van der Waals surface area contributed by atoms with Crippen molar-refractivity contribution in [2.24, 2.45) is 0 Å². The van der Waals surface area contributed by atoms with E-state index in [0.29, 0.717) is 12.3 Å². The standard InChI is InChI=1S/C16H21Cl3N2O2/c17-16(18,19)15(22)20-13-5-7-14(8-6-13)23-12-11-21-9-3-1-2-4-10-21/h5-8H,1-4,9-12H2,(H,20,22). The highest BCUT2D eigenvalue weighted by Gasteiger charge is 2.30. The third-order valence-corrected chi connectivity index (χ3v) is 4.26. The van der Waals surface area contributed by atoms with Gasteiger partial charge >= 0.3 is 0 Å². The van der Waals surface area contributed by atoms with E-state index in [2.05, 4.69) is 10.2 Å². The number of halogens is 3. The van der Waals surface area contributed by atoms with Gasteiger partial charge in [-0.2, -0.15) is 0 Å². The molecule has 1 aliphatic rings. The number of likely N-dealkylation sites (tertiary alicyclic amines) is 1. The molecule has 2 rings (SSSR count). The van der Waals surface area contributed by atoms with Crippen molar-refractivity contribution in [3.8, 4) is 5.75 Å². The Balaban J connectivity index is 1.75. The van der Waals surface area contributed by atoms with Crippen molar-refractivity contribution >= 4 is 46.4 Å². The number of ether oxygens (including phenoxy) is 1. The van der Waals surface area contributed by atoms with Crippen LogP contribution in [0.25, 0.3) is 0 Å². The van der Waals surface area contributed by atoms with E-state index < -0.39 is 9.70 Å². The maximum atomic E-state index is 11.6. The van der Waals surface area contributed by atoms with E-state index in [1.165, 1.54) is 25.7 Å². The molecule has 0 unspecified atom stereocenters. The summed E-state index contributed by atoms with van der Waals surface area (Å²) in [4.78, 5) is 14.0. The zero-order valence-corrected chi connectivity index (χ0v) is 15.1. The van der Waals surface area contributed by atoms with Gasteiger partial charge in [-0.3, -0.25) is 9.69 Å². The number of nitrogens with one attached hydrogen (secondary N) is 1. The second-order valence-electron chi connectivity index (χ2n) is 5.58. The molecule has 0 bridgehead atoms. The van der Waals surface area contributed by atoms with E-state index in [9.17, 15) is 4.79 Å². The highest BCUT2D eigenvalue weighted by atomic mass is 35.6. The zero-order valence-electron chi connectivity index (χ0n) is 12.9. The maximum Gasteiger partial charge on any atom is 0.276 e. The largest absolute Gasteiger partial charge is 0.492 e. The molecule has 1 aliphatic heterocycles. The molecular weight excluding hydrogens is 359 g/mol. The summed E-state index contributed by atoms with van der Waals surface area (Å²) in [6, 6.07) is 7.01. The SMILES string of the molecule is O=C(Nc1ccc(OCCN2CCCCCC2)cc1)C(Cl)(Cl)Cl. The van der Waals surface area contributed by atoms with E-state index in [4.69, 9.17) is 39.5 Å². The topological polar surface area (TPSA) is 41.6 Å². The van der Waals surface area contributed by atoms with Gasteiger partial charge in [0.25, 0.3) is 9.70 Å². The maximum absolute atomic E-state index is 11.6. The van der Waals surface area contributed by atoms with Crippen LogP contribution in [0, 0.1) is 0 Å². The Morgan fingerprint density at radius 3 is 2.26 bits per heavy atom. The summed E-state index contributed by atoms with van der Waals surface area (Å²) in [6.07, 6.45) is 5.21. The molecule has 0 spiro atoms. The molecule has 1 amide bonds. The first-order valence-corrected chi connectivity index (χ1v) is 8.92. The molecule has 1 aromatic rings. The van der Waals surface area contributed by atoms with E-state index in [1.54, 1.807) is 24.3 Å². The van der Waals surface area contributed by atoms with Crippen LogP contribution in [0.5, 0.6) is 5.75 Å². The molecule has 1 N–H and O–H groups in total. The summed E-state index contributed by atoms with van der Waals surface area (Å²) >= 11 is 16.5. The molecular formula is C16H21Cl3N2O2. The highest BCUT2D eigenvalue weighted by Crippen LogP contribution is 2.28. The molecule has 0 aromatic heterocycles. The van der Waals surface area contributed by atoms with Crippen LogP contribution in [0.4, 0.5) is 5.69 Å². The number of hydrogen-bond donors (Lipinski definition) is 1. The molecule has 0 aliphatic carbocycles. The zero-order chi connectivity index (χ0) is 16.7. The van der Waals surface area contributed by atoms with Crippen molar-refractivity contribution in [1.82, 2.24) is 4.90 Å². The normalized spacial score (nSPS) is 16.7. The van der Waals surface area contributed by atoms with Crippen LogP contribution in [-0.4, -0.2) is 40.8 Å². The summed E-state index contributed by atoms with van der Waals surface area (Å²) in [6.45, 7) is 3.91. The fraction of sp³-hybridized carbons (Fsp3) is 0.562. The number of carbonyl (C=O) groups is 1. The first-order chi connectivity index (χ1) is 10.9. The van der Waals surface area contributed by atoms with Crippen LogP contribution >= 0.6 is 34.8 Å². The molecule has 0 radical (unpaired) electrons. The van der Waals surface area contributed by atoms with Crippen molar-refractivity contribution in [3.63, 3.8) is 0 Å². The predicted molar refractivity (Wildman–Crippen MR) is 95.8 cm³/mol. The van der Waals surface area contributed by atoms with Crippen LogP contribution < -0.4 is 10.1 Å². The van der Waals surface area contributed by atoms with E-state index in [-0.39, 0.29) is 0 Å². The third kappa shape index (κ3) is 6.76. The molecule has 23 heavy (non-hydrogen) atoms. The number of amides is 1. The molecule has 7 heteroatoms. The van der Waals surface area contributed by atoms with Crippen molar-refractivity contribution in [3.05, 3.63) is 24.3 Å². The lowest BCUT2D eigenvalue weighted by Gasteiger charge is -2.19. The number of nitrogens with zero attached hydrogens (tertiary/aromatic N) is 1. The smallest absolute Gasteiger partial charge is 0.276 e. The summed E-state index contributed by atoms with van der Waals surface area (Å²) in [5.41, 5.74) is 0.557. The predicted octanol–water partition coefficient (Wildman–Crippen LogP) is 4.25. The second-order valence-corrected chi connectivity index (χ2v) is 7.86. The highest BCUT2D eigenvalue weighted by molar-refractivity contribution is 6.76. The van der Waals surface area contributed by atoms with Gasteiger partial charge < -0.3 is 10.1 Å². The first kappa shape index (κ1) is 18.7. The number of hydrogen-bond acceptors (Lipinski definition) is 3. The molecule has 128 valence electrons. The van der Waals surface area contributed by atoms with Crippen LogP contribution in [0.1, 0.15) is 25.7 Å². The number of benzene rings is 1. The average molecular weight is 380 g/mol. The third-order valence-electron chi connectivity index (χ3n) is 3.74.